The van der Waals surface area contributed by atoms with Gasteiger partial charge in [0.15, 0.2) is 0 Å². The molecule has 0 bridgehead atoms. The number of aromatic nitrogens is 2. The van der Waals surface area contributed by atoms with Crippen molar-refractivity contribution in [2.75, 3.05) is 7.11 Å². The average Bonchev–Trinajstić information content (AvgIpc) is 2.85. The van der Waals surface area contributed by atoms with Gasteiger partial charge in [0.2, 0.25) is 0 Å². The summed E-state index contributed by atoms with van der Waals surface area (Å²) in [7, 11) is 1.61. The van der Waals surface area contributed by atoms with Crippen molar-refractivity contribution in [3.05, 3.63) is 112 Å². The van der Waals surface area contributed by atoms with Crippen LogP contribution in [0.1, 0.15) is 21.5 Å². The Kier molecular flexibility index (Phi) is 6.90. The van der Waals surface area contributed by atoms with Crippen molar-refractivity contribution in [1.82, 2.24) is 15.1 Å². The first kappa shape index (κ1) is 22.4. The molecule has 6 nitrogen and oxygen atoms in total. The molecule has 0 radical (unpaired) electrons. The molecule has 0 atom stereocenters. The molecule has 0 fully saturated rings. The highest BCUT2D eigenvalue weighted by atomic mass is 32.2. The lowest BCUT2D eigenvalue weighted by molar-refractivity contribution is 0.0951. The van der Waals surface area contributed by atoms with Crippen LogP contribution < -0.4 is 15.6 Å². The summed E-state index contributed by atoms with van der Waals surface area (Å²) in [5.74, 6) is 0.576. The van der Waals surface area contributed by atoms with E-state index >= 15 is 0 Å². The van der Waals surface area contributed by atoms with Crippen LogP contribution >= 0.6 is 11.8 Å². The number of ether oxygens (including phenoxy) is 1. The van der Waals surface area contributed by atoms with Gasteiger partial charge >= 0.3 is 0 Å². The van der Waals surface area contributed by atoms with Crippen molar-refractivity contribution in [3.63, 3.8) is 0 Å². The number of rotatable bonds is 7. The van der Waals surface area contributed by atoms with Crippen molar-refractivity contribution in [1.29, 1.82) is 0 Å². The molecular weight excluding hydrogens is 434 g/mol. The van der Waals surface area contributed by atoms with E-state index in [-0.39, 0.29) is 11.5 Å². The number of carbonyl (C=O) groups excluding carboxylic acids is 1. The van der Waals surface area contributed by atoms with Crippen molar-refractivity contribution >= 4 is 17.7 Å². The molecule has 0 saturated carbocycles. The van der Waals surface area contributed by atoms with Gasteiger partial charge in [-0.3, -0.25) is 9.59 Å². The number of aryl methyl sites for hydroxylation is 1. The third-order valence-electron chi connectivity index (χ3n) is 5.01. The minimum absolute atomic E-state index is 0.193. The van der Waals surface area contributed by atoms with E-state index in [2.05, 4.69) is 10.4 Å². The average molecular weight is 458 g/mol. The van der Waals surface area contributed by atoms with Gasteiger partial charge in [-0.05, 0) is 67.1 Å². The Balaban J connectivity index is 1.45. The first-order chi connectivity index (χ1) is 16.0. The molecule has 0 aliphatic heterocycles. The molecule has 0 unspecified atom stereocenters. The molecule has 33 heavy (non-hydrogen) atoms. The van der Waals surface area contributed by atoms with Gasteiger partial charge in [-0.25, -0.2) is 0 Å². The second kappa shape index (κ2) is 10.2. The molecule has 4 rings (SSSR count). The Bertz CT molecular complexity index is 1300. The Morgan fingerprint density at radius 2 is 1.64 bits per heavy atom. The third kappa shape index (κ3) is 5.70. The molecule has 4 aromatic rings. The molecule has 1 amide bonds. The van der Waals surface area contributed by atoms with Crippen LogP contribution in [0, 0.1) is 6.92 Å². The second-order valence-corrected chi connectivity index (χ2v) is 8.51. The Labute approximate surface area is 196 Å². The van der Waals surface area contributed by atoms with Crippen molar-refractivity contribution < 1.29 is 9.53 Å². The number of hydrogen-bond donors (Lipinski definition) is 1. The van der Waals surface area contributed by atoms with Crippen molar-refractivity contribution in [2.45, 2.75) is 23.4 Å². The van der Waals surface area contributed by atoms with Crippen LogP contribution in [0.4, 0.5) is 0 Å². The Hall–Kier alpha value is -3.84. The van der Waals surface area contributed by atoms with Gasteiger partial charge in [0.25, 0.3) is 11.5 Å². The minimum Gasteiger partial charge on any atom is -0.497 e. The third-order valence-corrected chi connectivity index (χ3v) is 5.94. The zero-order chi connectivity index (χ0) is 23.2. The highest BCUT2D eigenvalue weighted by Crippen LogP contribution is 2.25. The van der Waals surface area contributed by atoms with E-state index in [1.165, 1.54) is 28.1 Å². The monoisotopic (exact) mass is 457 g/mol. The van der Waals surface area contributed by atoms with Gasteiger partial charge in [-0.1, -0.05) is 41.6 Å². The van der Waals surface area contributed by atoms with Crippen LogP contribution in [0.2, 0.25) is 0 Å². The maximum Gasteiger partial charge on any atom is 0.271 e. The smallest absolute Gasteiger partial charge is 0.271 e. The molecule has 1 aromatic heterocycles. The van der Waals surface area contributed by atoms with E-state index in [9.17, 15) is 9.59 Å². The fourth-order valence-corrected chi connectivity index (χ4v) is 3.91. The second-order valence-electron chi connectivity index (χ2n) is 7.41. The molecule has 0 aliphatic rings. The number of methoxy groups -OCH3 is 1. The van der Waals surface area contributed by atoms with E-state index in [1.54, 1.807) is 37.4 Å². The number of carbonyl (C=O) groups is 1. The van der Waals surface area contributed by atoms with E-state index in [1.807, 2.05) is 55.5 Å². The largest absolute Gasteiger partial charge is 0.497 e. The van der Waals surface area contributed by atoms with Crippen LogP contribution in [0.25, 0.3) is 5.69 Å². The van der Waals surface area contributed by atoms with Crippen LogP contribution in [0.5, 0.6) is 5.75 Å². The van der Waals surface area contributed by atoms with Gasteiger partial charge in [0.05, 0.1) is 12.8 Å². The number of benzene rings is 3. The zero-order valence-corrected chi connectivity index (χ0v) is 19.1. The number of nitrogens with zero attached hydrogens (tertiary/aromatic N) is 2. The zero-order valence-electron chi connectivity index (χ0n) is 18.3. The molecule has 1 heterocycles. The molecule has 1 N–H and O–H groups in total. The summed E-state index contributed by atoms with van der Waals surface area (Å²) >= 11 is 1.49. The Morgan fingerprint density at radius 3 is 2.30 bits per heavy atom. The highest BCUT2D eigenvalue weighted by Gasteiger charge is 2.09. The fourth-order valence-electron chi connectivity index (χ4n) is 3.14. The Morgan fingerprint density at radius 1 is 0.939 bits per heavy atom. The highest BCUT2D eigenvalue weighted by molar-refractivity contribution is 7.99. The summed E-state index contributed by atoms with van der Waals surface area (Å²) < 4.78 is 6.49. The minimum atomic E-state index is -0.236. The number of amides is 1. The number of nitrogens with one attached hydrogen (secondary N) is 1. The molecule has 7 heteroatoms. The van der Waals surface area contributed by atoms with Crippen LogP contribution in [0.15, 0.2) is 99.6 Å². The summed E-state index contributed by atoms with van der Waals surface area (Å²) in [5, 5.41) is 8.09. The molecular formula is C26H23N3O3S. The lowest BCUT2D eigenvalue weighted by atomic mass is 10.1. The number of hydrogen-bond acceptors (Lipinski definition) is 5. The predicted octanol–water partition coefficient (Wildman–Crippen LogP) is 4.63. The topological polar surface area (TPSA) is 73.2 Å². The van der Waals surface area contributed by atoms with E-state index < -0.39 is 0 Å². The van der Waals surface area contributed by atoms with E-state index in [0.29, 0.717) is 22.8 Å². The fraction of sp³-hybridized carbons (Fsp3) is 0.115. The van der Waals surface area contributed by atoms with Crippen molar-refractivity contribution in [2.24, 2.45) is 0 Å². The van der Waals surface area contributed by atoms with Crippen LogP contribution in [-0.2, 0) is 6.54 Å². The summed E-state index contributed by atoms with van der Waals surface area (Å²) in [6, 6.07) is 25.7. The van der Waals surface area contributed by atoms with Crippen molar-refractivity contribution in [3.8, 4) is 11.4 Å². The summed E-state index contributed by atoms with van der Waals surface area (Å²) in [4.78, 5) is 26.0. The molecule has 166 valence electrons. The van der Waals surface area contributed by atoms with Crippen LogP contribution in [-0.4, -0.2) is 22.8 Å². The van der Waals surface area contributed by atoms with Gasteiger partial charge in [-0.2, -0.15) is 9.78 Å². The summed E-state index contributed by atoms with van der Waals surface area (Å²) in [6.45, 7) is 2.44. The first-order valence-electron chi connectivity index (χ1n) is 10.4. The molecule has 3 aromatic carbocycles. The predicted molar refractivity (Wildman–Crippen MR) is 129 cm³/mol. The SMILES string of the molecule is COc1ccc(CNC(=O)c2ccc(-n3nc(Sc4ccc(C)cc4)ccc3=O)cc2)cc1. The van der Waals surface area contributed by atoms with Gasteiger partial charge in [0, 0.05) is 23.1 Å². The summed E-state index contributed by atoms with van der Waals surface area (Å²) in [6.07, 6.45) is 0. The van der Waals surface area contributed by atoms with Gasteiger partial charge in [0.1, 0.15) is 10.8 Å². The van der Waals surface area contributed by atoms with Crippen LogP contribution in [0.3, 0.4) is 0 Å². The lowest BCUT2D eigenvalue weighted by Gasteiger charge is -2.09. The van der Waals surface area contributed by atoms with E-state index in [0.717, 1.165) is 16.2 Å². The normalized spacial score (nSPS) is 10.6. The molecule has 0 spiro atoms. The summed E-state index contributed by atoms with van der Waals surface area (Å²) in [5.41, 5.74) is 3.02. The maximum atomic E-state index is 12.5. The van der Waals surface area contributed by atoms with Gasteiger partial charge < -0.3 is 10.1 Å². The quantitative estimate of drug-likeness (QED) is 0.438. The standard InChI is InChI=1S/C26H23N3O3S/c1-18-3-13-23(14-4-18)33-24-15-16-25(30)29(28-24)21-9-7-20(8-10-21)26(31)27-17-19-5-11-22(32-2)12-6-19/h3-16H,17H2,1-2H3,(H,27,31). The van der Waals surface area contributed by atoms with E-state index in [4.69, 9.17) is 4.74 Å². The maximum absolute atomic E-state index is 12.5. The van der Waals surface area contributed by atoms with Gasteiger partial charge in [-0.15, -0.1) is 0 Å². The molecule has 0 saturated heterocycles. The lowest BCUT2D eigenvalue weighted by Crippen LogP contribution is -2.23. The first-order valence-corrected chi connectivity index (χ1v) is 11.2. The molecule has 0 aliphatic carbocycles.